The molecule has 0 bridgehead atoms. The van der Waals surface area contributed by atoms with Gasteiger partial charge in [0.05, 0.1) is 11.7 Å². The fraction of sp³-hybridized carbons (Fsp3) is 0.538. The lowest BCUT2D eigenvalue weighted by Gasteiger charge is -2.18. The maximum atomic E-state index is 12.7. The van der Waals surface area contributed by atoms with Gasteiger partial charge in [0.25, 0.3) is 0 Å². The molecule has 108 valence electrons. The molecule has 0 fully saturated rings. The molecule has 0 heterocycles. The van der Waals surface area contributed by atoms with Gasteiger partial charge in [-0.1, -0.05) is 6.07 Å². The molecule has 0 spiro atoms. The second-order valence-electron chi connectivity index (χ2n) is 4.82. The smallest absolute Gasteiger partial charge is 0.390 e. The number of aryl methyl sites for hydroxylation is 1. The zero-order valence-electron chi connectivity index (χ0n) is 11.3. The summed E-state index contributed by atoms with van der Waals surface area (Å²) >= 11 is 0. The van der Waals surface area contributed by atoms with E-state index in [0.717, 1.165) is 6.07 Å². The maximum absolute atomic E-state index is 12.7. The van der Waals surface area contributed by atoms with Gasteiger partial charge in [-0.25, -0.2) is 0 Å². The van der Waals surface area contributed by atoms with E-state index in [0.29, 0.717) is 12.2 Å². The number of benzene rings is 1. The van der Waals surface area contributed by atoms with Crippen molar-refractivity contribution in [3.63, 3.8) is 0 Å². The Hall–Kier alpha value is -1.27. The Morgan fingerprint density at radius 3 is 2.47 bits per heavy atom. The summed E-state index contributed by atoms with van der Waals surface area (Å²) in [5, 5.41) is 12.5. The van der Waals surface area contributed by atoms with Gasteiger partial charge in [-0.2, -0.15) is 13.2 Å². The molecule has 0 saturated carbocycles. The van der Waals surface area contributed by atoms with E-state index in [-0.39, 0.29) is 12.1 Å². The molecule has 19 heavy (non-hydrogen) atoms. The molecule has 0 amide bonds. The number of alkyl halides is 3. The van der Waals surface area contributed by atoms with Gasteiger partial charge in [-0.05, 0) is 38.7 Å². The monoisotopic (exact) mass is 276 g/mol. The first-order valence-electron chi connectivity index (χ1n) is 5.94. The third kappa shape index (κ3) is 5.08. The summed E-state index contributed by atoms with van der Waals surface area (Å²) in [6.45, 7) is 2.08. The largest absolute Gasteiger partial charge is 0.416 e. The molecule has 1 aromatic rings. The summed E-state index contributed by atoms with van der Waals surface area (Å²) in [6, 6.07) is 4.06. The second kappa shape index (κ2) is 6.25. The average molecular weight is 276 g/mol. The Kier molecular flexibility index (Phi) is 5.20. The molecule has 0 radical (unpaired) electrons. The third-order valence-electron chi connectivity index (χ3n) is 2.66. The van der Waals surface area contributed by atoms with Crippen molar-refractivity contribution < 1.29 is 18.3 Å². The first kappa shape index (κ1) is 15.8. The lowest BCUT2D eigenvalue weighted by molar-refractivity contribution is -0.138. The van der Waals surface area contributed by atoms with Crippen molar-refractivity contribution in [1.82, 2.24) is 4.90 Å². The van der Waals surface area contributed by atoms with Gasteiger partial charge in [0.1, 0.15) is 0 Å². The van der Waals surface area contributed by atoms with Crippen molar-refractivity contribution in [2.45, 2.75) is 19.2 Å². The second-order valence-corrected chi connectivity index (χ2v) is 4.82. The molecular weight excluding hydrogens is 257 g/mol. The molecule has 6 heteroatoms. The van der Waals surface area contributed by atoms with Gasteiger partial charge in [0.2, 0.25) is 0 Å². The van der Waals surface area contributed by atoms with Crippen LogP contribution in [0, 0.1) is 6.92 Å². The minimum Gasteiger partial charge on any atom is -0.390 e. The van der Waals surface area contributed by atoms with Gasteiger partial charge in [0, 0.05) is 18.8 Å². The fourth-order valence-electron chi connectivity index (χ4n) is 1.76. The summed E-state index contributed by atoms with van der Waals surface area (Å²) in [5.41, 5.74) is -0.109. The Bertz CT molecular complexity index is 419. The lowest BCUT2D eigenvalue weighted by atomic mass is 10.1. The van der Waals surface area contributed by atoms with Crippen molar-refractivity contribution in [3.05, 3.63) is 29.3 Å². The highest BCUT2D eigenvalue weighted by Gasteiger charge is 2.32. The zero-order chi connectivity index (χ0) is 14.6. The summed E-state index contributed by atoms with van der Waals surface area (Å²) in [4.78, 5) is 1.81. The van der Waals surface area contributed by atoms with E-state index < -0.39 is 17.8 Å². The van der Waals surface area contributed by atoms with Crippen LogP contribution in [0.15, 0.2) is 18.2 Å². The van der Waals surface area contributed by atoms with Crippen LogP contribution in [0.5, 0.6) is 0 Å². The van der Waals surface area contributed by atoms with Crippen LogP contribution in [0.2, 0.25) is 0 Å². The third-order valence-corrected chi connectivity index (χ3v) is 2.66. The number of nitrogens with one attached hydrogen (secondary N) is 1. The number of hydrogen-bond donors (Lipinski definition) is 2. The number of aliphatic hydroxyl groups excluding tert-OH is 1. The van der Waals surface area contributed by atoms with Crippen molar-refractivity contribution in [3.8, 4) is 0 Å². The molecule has 0 aromatic heterocycles. The van der Waals surface area contributed by atoms with Gasteiger partial charge >= 0.3 is 6.18 Å². The average Bonchev–Trinajstić information content (AvgIpc) is 2.25. The van der Waals surface area contributed by atoms with E-state index in [9.17, 15) is 18.3 Å². The fourth-order valence-corrected chi connectivity index (χ4v) is 1.76. The Labute approximate surface area is 111 Å². The Balaban J connectivity index is 2.70. The van der Waals surface area contributed by atoms with Gasteiger partial charge in [-0.15, -0.1) is 0 Å². The Morgan fingerprint density at radius 2 is 1.95 bits per heavy atom. The highest BCUT2D eigenvalue weighted by Crippen LogP contribution is 2.33. The minimum absolute atomic E-state index is 0.187. The van der Waals surface area contributed by atoms with Crippen LogP contribution in [-0.2, 0) is 6.18 Å². The maximum Gasteiger partial charge on any atom is 0.416 e. The van der Waals surface area contributed by atoms with E-state index in [1.54, 1.807) is 6.07 Å². The number of rotatable bonds is 5. The van der Waals surface area contributed by atoms with Crippen molar-refractivity contribution in [2.75, 3.05) is 32.5 Å². The molecule has 0 saturated heterocycles. The quantitative estimate of drug-likeness (QED) is 0.866. The molecule has 0 aliphatic carbocycles. The molecule has 3 nitrogen and oxygen atoms in total. The number of anilines is 1. The van der Waals surface area contributed by atoms with Crippen LogP contribution in [0.4, 0.5) is 18.9 Å². The van der Waals surface area contributed by atoms with E-state index in [1.807, 2.05) is 19.0 Å². The predicted molar refractivity (Wildman–Crippen MR) is 69.2 cm³/mol. The molecule has 0 aliphatic heterocycles. The van der Waals surface area contributed by atoms with E-state index in [1.165, 1.54) is 13.0 Å². The minimum atomic E-state index is -4.36. The summed E-state index contributed by atoms with van der Waals surface area (Å²) in [7, 11) is 3.63. The summed E-state index contributed by atoms with van der Waals surface area (Å²) in [6.07, 6.45) is -4.99. The SMILES string of the molecule is Cc1ccc(NCC(O)CN(C)C)cc1C(F)(F)F. The van der Waals surface area contributed by atoms with Gasteiger partial charge in [-0.3, -0.25) is 0 Å². The molecular formula is C13H19F3N2O. The van der Waals surface area contributed by atoms with Crippen LogP contribution in [0.3, 0.4) is 0 Å². The number of halogens is 3. The number of nitrogens with zero attached hydrogens (tertiary/aromatic N) is 1. The normalized spacial score (nSPS) is 13.7. The molecule has 1 atom stereocenters. The number of likely N-dealkylation sites (N-methyl/N-ethyl adjacent to an activating group) is 1. The van der Waals surface area contributed by atoms with Crippen LogP contribution in [0.1, 0.15) is 11.1 Å². The van der Waals surface area contributed by atoms with Crippen LogP contribution < -0.4 is 5.32 Å². The van der Waals surface area contributed by atoms with Gasteiger partial charge < -0.3 is 15.3 Å². The zero-order valence-corrected chi connectivity index (χ0v) is 11.3. The summed E-state index contributed by atoms with van der Waals surface area (Å²) < 4.78 is 38.1. The van der Waals surface area contributed by atoms with Crippen LogP contribution in [-0.4, -0.2) is 43.3 Å². The molecule has 1 aromatic carbocycles. The van der Waals surface area contributed by atoms with Crippen molar-refractivity contribution >= 4 is 5.69 Å². The predicted octanol–water partition coefficient (Wildman–Crippen LogP) is 2.35. The van der Waals surface area contributed by atoms with E-state index >= 15 is 0 Å². The molecule has 1 unspecified atom stereocenters. The number of aliphatic hydroxyl groups is 1. The topological polar surface area (TPSA) is 35.5 Å². The molecule has 0 aliphatic rings. The lowest BCUT2D eigenvalue weighted by Crippen LogP contribution is -2.31. The highest BCUT2D eigenvalue weighted by molar-refractivity contribution is 5.49. The van der Waals surface area contributed by atoms with Gasteiger partial charge in [0.15, 0.2) is 0 Å². The van der Waals surface area contributed by atoms with Crippen molar-refractivity contribution in [1.29, 1.82) is 0 Å². The van der Waals surface area contributed by atoms with Crippen LogP contribution >= 0.6 is 0 Å². The molecule has 2 N–H and O–H groups in total. The highest BCUT2D eigenvalue weighted by atomic mass is 19.4. The van der Waals surface area contributed by atoms with E-state index in [4.69, 9.17) is 0 Å². The standard InChI is InChI=1S/C13H19F3N2O/c1-9-4-5-10(6-12(9)13(14,15)16)17-7-11(19)8-18(2)3/h4-6,11,17,19H,7-8H2,1-3H3. The first-order chi connectivity index (χ1) is 8.70. The Morgan fingerprint density at radius 1 is 1.32 bits per heavy atom. The van der Waals surface area contributed by atoms with Crippen LogP contribution in [0.25, 0.3) is 0 Å². The molecule has 1 rings (SSSR count). The first-order valence-corrected chi connectivity index (χ1v) is 5.94. The van der Waals surface area contributed by atoms with E-state index in [2.05, 4.69) is 5.32 Å². The summed E-state index contributed by atoms with van der Waals surface area (Å²) in [5.74, 6) is 0. The van der Waals surface area contributed by atoms with Crippen molar-refractivity contribution in [2.24, 2.45) is 0 Å². The number of hydrogen-bond acceptors (Lipinski definition) is 3.